The van der Waals surface area contributed by atoms with Gasteiger partial charge in [-0.3, -0.25) is 4.79 Å². The second kappa shape index (κ2) is 8.35. The van der Waals surface area contributed by atoms with Crippen LogP contribution in [-0.2, 0) is 4.74 Å². The Balaban J connectivity index is 1.75. The van der Waals surface area contributed by atoms with Crippen molar-refractivity contribution in [3.05, 3.63) is 83.0 Å². The smallest absolute Gasteiger partial charge is 0.337 e. The normalized spacial score (nSPS) is 10.2. The van der Waals surface area contributed by atoms with E-state index in [0.717, 1.165) is 22.5 Å². The molecule has 0 fully saturated rings. The van der Waals surface area contributed by atoms with E-state index in [1.54, 1.807) is 42.6 Å². The molecule has 6 nitrogen and oxygen atoms in total. The van der Waals surface area contributed by atoms with Gasteiger partial charge in [-0.25, -0.2) is 9.78 Å². The fourth-order valence-electron chi connectivity index (χ4n) is 2.79. The molecule has 0 saturated carbocycles. The van der Waals surface area contributed by atoms with Crippen molar-refractivity contribution in [1.29, 1.82) is 0 Å². The maximum Gasteiger partial charge on any atom is 0.337 e. The van der Waals surface area contributed by atoms with E-state index in [9.17, 15) is 9.59 Å². The van der Waals surface area contributed by atoms with Gasteiger partial charge >= 0.3 is 5.97 Å². The van der Waals surface area contributed by atoms with Crippen LogP contribution in [-0.4, -0.2) is 24.0 Å². The molecule has 2 aromatic carbocycles. The molecular weight excluding hydrogens is 354 g/mol. The summed E-state index contributed by atoms with van der Waals surface area (Å²) in [5.41, 5.74) is 4.52. The zero-order chi connectivity index (χ0) is 20.1. The third kappa shape index (κ3) is 4.35. The third-order valence-electron chi connectivity index (χ3n) is 4.32. The number of carbonyl (C=O) groups is 2. The number of amides is 1. The number of benzene rings is 2. The lowest BCUT2D eigenvalue weighted by atomic mass is 10.1. The van der Waals surface area contributed by atoms with Crippen molar-refractivity contribution in [2.24, 2.45) is 0 Å². The van der Waals surface area contributed by atoms with Crippen LogP contribution in [0.3, 0.4) is 0 Å². The summed E-state index contributed by atoms with van der Waals surface area (Å²) >= 11 is 0. The average Bonchev–Trinajstić information content (AvgIpc) is 2.71. The zero-order valence-electron chi connectivity index (χ0n) is 15.9. The number of pyridine rings is 1. The van der Waals surface area contributed by atoms with Gasteiger partial charge < -0.3 is 15.4 Å². The summed E-state index contributed by atoms with van der Waals surface area (Å²) < 4.78 is 4.69. The van der Waals surface area contributed by atoms with E-state index in [1.165, 1.54) is 7.11 Å². The monoisotopic (exact) mass is 375 g/mol. The number of ether oxygens (including phenoxy) is 1. The molecule has 0 unspecified atom stereocenters. The number of nitrogens with one attached hydrogen (secondary N) is 2. The van der Waals surface area contributed by atoms with Gasteiger partial charge in [0.15, 0.2) is 0 Å². The Morgan fingerprint density at radius 3 is 2.25 bits per heavy atom. The molecule has 28 heavy (non-hydrogen) atoms. The number of nitrogens with zero attached hydrogens (tertiary/aromatic N) is 1. The highest BCUT2D eigenvalue weighted by atomic mass is 16.5. The SMILES string of the molecule is COC(=O)c1ccc(Nc2cc(C(=O)Nc3c(C)cccc3C)ccn2)cc1. The van der Waals surface area contributed by atoms with E-state index in [-0.39, 0.29) is 5.91 Å². The lowest BCUT2D eigenvalue weighted by Crippen LogP contribution is -2.14. The first-order valence-electron chi connectivity index (χ1n) is 8.77. The van der Waals surface area contributed by atoms with Gasteiger partial charge in [-0.05, 0) is 61.4 Å². The highest BCUT2D eigenvalue weighted by Crippen LogP contribution is 2.21. The van der Waals surface area contributed by atoms with Crippen molar-refractivity contribution in [3.63, 3.8) is 0 Å². The van der Waals surface area contributed by atoms with Gasteiger partial charge in [0.05, 0.1) is 12.7 Å². The number of anilines is 3. The van der Waals surface area contributed by atoms with Crippen molar-refractivity contribution >= 4 is 29.1 Å². The van der Waals surface area contributed by atoms with Gasteiger partial charge in [0, 0.05) is 23.1 Å². The number of methoxy groups -OCH3 is 1. The topological polar surface area (TPSA) is 80.3 Å². The fraction of sp³-hybridized carbons (Fsp3) is 0.136. The second-order valence-electron chi connectivity index (χ2n) is 6.34. The average molecular weight is 375 g/mol. The van der Waals surface area contributed by atoms with Crippen LogP contribution in [0.1, 0.15) is 31.8 Å². The van der Waals surface area contributed by atoms with Crippen molar-refractivity contribution in [1.82, 2.24) is 4.98 Å². The molecule has 0 aliphatic rings. The van der Waals surface area contributed by atoms with E-state index >= 15 is 0 Å². The standard InChI is InChI=1S/C22H21N3O3/c1-14-5-4-6-15(2)20(14)25-21(26)17-11-12-23-19(13-17)24-18-9-7-16(8-10-18)22(27)28-3/h4-13H,1-3H3,(H,23,24)(H,25,26). The predicted molar refractivity (Wildman–Crippen MR) is 109 cm³/mol. The second-order valence-corrected chi connectivity index (χ2v) is 6.34. The molecule has 0 aliphatic heterocycles. The largest absolute Gasteiger partial charge is 0.465 e. The molecule has 0 saturated heterocycles. The van der Waals surface area contributed by atoms with Gasteiger partial charge in [-0.15, -0.1) is 0 Å². The maximum atomic E-state index is 12.7. The molecule has 0 aliphatic carbocycles. The maximum absolute atomic E-state index is 12.7. The zero-order valence-corrected chi connectivity index (χ0v) is 15.9. The first kappa shape index (κ1) is 19.1. The number of esters is 1. The Hall–Kier alpha value is -3.67. The summed E-state index contributed by atoms with van der Waals surface area (Å²) in [6.45, 7) is 3.92. The number of aryl methyl sites for hydroxylation is 2. The number of hydrogen-bond donors (Lipinski definition) is 2. The van der Waals surface area contributed by atoms with E-state index < -0.39 is 5.97 Å². The Bertz CT molecular complexity index is 994. The molecule has 1 amide bonds. The van der Waals surface area contributed by atoms with Gasteiger partial charge in [-0.2, -0.15) is 0 Å². The Labute approximate surface area is 163 Å². The minimum absolute atomic E-state index is 0.205. The molecule has 0 atom stereocenters. The van der Waals surface area contributed by atoms with Gasteiger partial charge in [0.1, 0.15) is 5.82 Å². The molecule has 3 rings (SSSR count). The van der Waals surface area contributed by atoms with Crippen molar-refractivity contribution < 1.29 is 14.3 Å². The van der Waals surface area contributed by atoms with Gasteiger partial charge in [-0.1, -0.05) is 18.2 Å². The Morgan fingerprint density at radius 2 is 1.61 bits per heavy atom. The van der Waals surface area contributed by atoms with Crippen LogP contribution in [0.5, 0.6) is 0 Å². The van der Waals surface area contributed by atoms with Crippen LogP contribution in [0.4, 0.5) is 17.2 Å². The number of para-hydroxylation sites is 1. The quantitative estimate of drug-likeness (QED) is 0.643. The molecule has 0 radical (unpaired) electrons. The van der Waals surface area contributed by atoms with Gasteiger partial charge in [0.2, 0.25) is 0 Å². The number of carbonyl (C=O) groups excluding carboxylic acids is 2. The van der Waals surface area contributed by atoms with Crippen molar-refractivity contribution in [2.45, 2.75) is 13.8 Å². The molecular formula is C22H21N3O3. The number of rotatable bonds is 5. The molecule has 0 spiro atoms. The summed E-state index contributed by atoms with van der Waals surface area (Å²) in [6, 6.07) is 16.0. The first-order valence-corrected chi connectivity index (χ1v) is 8.77. The van der Waals surface area contributed by atoms with E-state index in [0.29, 0.717) is 16.9 Å². The van der Waals surface area contributed by atoms with Crippen molar-refractivity contribution in [3.8, 4) is 0 Å². The van der Waals surface area contributed by atoms with Crippen LogP contribution >= 0.6 is 0 Å². The van der Waals surface area contributed by atoms with E-state index in [2.05, 4.69) is 20.4 Å². The van der Waals surface area contributed by atoms with E-state index in [4.69, 9.17) is 0 Å². The molecule has 3 aromatic rings. The van der Waals surface area contributed by atoms with Crippen LogP contribution in [0.15, 0.2) is 60.8 Å². The van der Waals surface area contributed by atoms with Crippen molar-refractivity contribution in [2.75, 3.05) is 17.7 Å². The minimum atomic E-state index is -0.394. The number of hydrogen-bond acceptors (Lipinski definition) is 5. The van der Waals surface area contributed by atoms with Crippen LogP contribution in [0, 0.1) is 13.8 Å². The lowest BCUT2D eigenvalue weighted by Gasteiger charge is -2.12. The summed E-state index contributed by atoms with van der Waals surface area (Å²) in [7, 11) is 1.34. The van der Waals surface area contributed by atoms with Gasteiger partial charge in [0.25, 0.3) is 5.91 Å². The van der Waals surface area contributed by atoms with Crippen LogP contribution < -0.4 is 10.6 Å². The predicted octanol–water partition coefficient (Wildman–Crippen LogP) is 4.48. The highest BCUT2D eigenvalue weighted by Gasteiger charge is 2.11. The lowest BCUT2D eigenvalue weighted by molar-refractivity contribution is 0.0600. The van der Waals surface area contributed by atoms with Crippen LogP contribution in [0.2, 0.25) is 0 Å². The third-order valence-corrected chi connectivity index (χ3v) is 4.32. The molecule has 2 N–H and O–H groups in total. The summed E-state index contributed by atoms with van der Waals surface area (Å²) in [6.07, 6.45) is 1.57. The summed E-state index contributed by atoms with van der Waals surface area (Å²) in [4.78, 5) is 28.4. The first-order chi connectivity index (χ1) is 13.5. The summed E-state index contributed by atoms with van der Waals surface area (Å²) in [5.74, 6) is -0.0706. The minimum Gasteiger partial charge on any atom is -0.465 e. The fourth-order valence-corrected chi connectivity index (χ4v) is 2.79. The molecule has 0 bridgehead atoms. The summed E-state index contributed by atoms with van der Waals surface area (Å²) in [5, 5.41) is 6.09. The van der Waals surface area contributed by atoms with Crippen LogP contribution in [0.25, 0.3) is 0 Å². The molecule has 1 aromatic heterocycles. The Kier molecular flexibility index (Phi) is 5.69. The Morgan fingerprint density at radius 1 is 0.929 bits per heavy atom. The molecule has 1 heterocycles. The number of aromatic nitrogens is 1. The molecule has 142 valence electrons. The highest BCUT2D eigenvalue weighted by molar-refractivity contribution is 6.05. The molecule has 6 heteroatoms. The van der Waals surface area contributed by atoms with E-state index in [1.807, 2.05) is 32.0 Å².